The van der Waals surface area contributed by atoms with E-state index in [2.05, 4.69) is 18.9 Å². The van der Waals surface area contributed by atoms with E-state index < -0.39 is 90.9 Å². The molecule has 342 valence electrons. The molecule has 6 aromatic rings. The van der Waals surface area contributed by atoms with Crippen molar-refractivity contribution >= 4 is 34.7 Å². The van der Waals surface area contributed by atoms with Crippen molar-refractivity contribution in [3.63, 3.8) is 0 Å². The molecule has 0 fully saturated rings. The first-order chi connectivity index (χ1) is 30.9. The number of hydrogen-bond donors (Lipinski definition) is 2. The molecule has 0 amide bonds. The highest BCUT2D eigenvalue weighted by Crippen LogP contribution is 2.40. The van der Waals surface area contributed by atoms with E-state index in [0.717, 1.165) is 42.5 Å². The average Bonchev–Trinajstić information content (AvgIpc) is 3.24. The molecule has 0 aliphatic heterocycles. The summed E-state index contributed by atoms with van der Waals surface area (Å²) in [5.74, 6) is -7.49. The second-order valence-corrected chi connectivity index (χ2v) is 13.0. The summed E-state index contributed by atoms with van der Waals surface area (Å²) in [6, 6.07) is 26.1. The van der Waals surface area contributed by atoms with Crippen LogP contribution in [0, 0.1) is 17.5 Å². The van der Waals surface area contributed by atoms with E-state index in [1.165, 1.54) is 82.6 Å². The summed E-state index contributed by atoms with van der Waals surface area (Å²) in [7, 11) is 0. The third-order valence-corrected chi connectivity index (χ3v) is 8.76. The van der Waals surface area contributed by atoms with Gasteiger partial charge in [-0.3, -0.25) is 0 Å². The number of anilines is 4. The molecule has 0 aliphatic rings. The standard InChI is InChI=1S/C22H15F6NO4.C22H16F5NO4/c23-16-5-2-6-17(24)15(16)11-29(13-4-1-3-12(9-13)20(30)31)14-7-8-18(32-21(25)26)19(10-14)33-22(27)28;23-15-5-1-3-13(9-15)12-28(16-6-2-4-14(10-16)20(29)30)17-7-8-18(31-21(24)25)19(11-17)32-22(26)27/h1-10,21-22H,11H2,(H,30,31);1-11,21-22H,12H2,(H,29,30). The van der Waals surface area contributed by atoms with Crippen molar-refractivity contribution in [1.29, 1.82) is 0 Å². The highest BCUT2D eigenvalue weighted by Gasteiger charge is 2.23. The minimum absolute atomic E-state index is 0.00397. The number of ether oxygens (including phenoxy) is 4. The van der Waals surface area contributed by atoms with Gasteiger partial charge in [0.05, 0.1) is 17.7 Å². The van der Waals surface area contributed by atoms with E-state index in [1.54, 1.807) is 12.1 Å². The quantitative estimate of drug-likeness (QED) is 0.0807. The molecule has 10 nitrogen and oxygen atoms in total. The number of aromatic carboxylic acids is 2. The minimum Gasteiger partial charge on any atom is -0.478 e. The van der Waals surface area contributed by atoms with Crippen LogP contribution < -0.4 is 28.7 Å². The fourth-order valence-corrected chi connectivity index (χ4v) is 6.03. The summed E-state index contributed by atoms with van der Waals surface area (Å²) in [5.41, 5.74) is 0.508. The van der Waals surface area contributed by atoms with Crippen molar-refractivity contribution in [3.8, 4) is 23.0 Å². The average molecular weight is 925 g/mol. The van der Waals surface area contributed by atoms with Gasteiger partial charge in [0.1, 0.15) is 17.5 Å². The first kappa shape index (κ1) is 48.3. The molecule has 0 saturated carbocycles. The topological polar surface area (TPSA) is 118 Å². The zero-order valence-corrected chi connectivity index (χ0v) is 32.7. The van der Waals surface area contributed by atoms with Crippen LogP contribution >= 0.6 is 0 Å². The van der Waals surface area contributed by atoms with E-state index in [0.29, 0.717) is 11.3 Å². The molecule has 6 aromatic carbocycles. The Hall–Kier alpha value is -7.71. The number of carbonyl (C=O) groups is 2. The lowest BCUT2D eigenvalue weighted by atomic mass is 10.1. The normalized spacial score (nSPS) is 11.0. The molecule has 0 saturated heterocycles. The number of benzene rings is 6. The van der Waals surface area contributed by atoms with E-state index in [-0.39, 0.29) is 34.7 Å². The molecule has 0 radical (unpaired) electrons. The molecule has 0 spiro atoms. The molecule has 0 aliphatic carbocycles. The first-order valence-electron chi connectivity index (χ1n) is 18.3. The molecule has 0 aromatic heterocycles. The van der Waals surface area contributed by atoms with Crippen LogP contribution in [-0.2, 0) is 13.1 Å². The van der Waals surface area contributed by atoms with E-state index in [4.69, 9.17) is 0 Å². The lowest BCUT2D eigenvalue weighted by Crippen LogP contribution is -2.19. The SMILES string of the molecule is O=C(O)c1cccc(N(Cc2c(F)cccc2F)c2ccc(OC(F)F)c(OC(F)F)c2)c1.O=C(O)c1cccc(N(Cc2cccc(F)c2)c2ccc(OC(F)F)c(OC(F)F)c2)c1. The van der Waals surface area contributed by atoms with Crippen LogP contribution in [0.2, 0.25) is 0 Å². The zero-order chi connectivity index (χ0) is 47.4. The molecule has 65 heavy (non-hydrogen) atoms. The van der Waals surface area contributed by atoms with Crippen molar-refractivity contribution in [3.05, 3.63) is 167 Å². The number of hydrogen-bond acceptors (Lipinski definition) is 8. The third kappa shape index (κ3) is 13.6. The summed E-state index contributed by atoms with van der Waals surface area (Å²) in [4.78, 5) is 25.4. The van der Waals surface area contributed by atoms with E-state index in [1.807, 2.05) is 0 Å². The monoisotopic (exact) mass is 924 g/mol. The van der Waals surface area contributed by atoms with Gasteiger partial charge >= 0.3 is 38.4 Å². The number of rotatable bonds is 18. The van der Waals surface area contributed by atoms with Crippen LogP contribution in [-0.4, -0.2) is 48.6 Å². The predicted molar refractivity (Wildman–Crippen MR) is 211 cm³/mol. The Balaban J connectivity index is 0.000000244. The Morgan fingerprint density at radius 3 is 1.25 bits per heavy atom. The van der Waals surface area contributed by atoms with Gasteiger partial charge in [-0.15, -0.1) is 0 Å². The summed E-state index contributed by atoms with van der Waals surface area (Å²) >= 11 is 0. The van der Waals surface area contributed by atoms with Crippen molar-refractivity contribution in [2.45, 2.75) is 39.5 Å². The van der Waals surface area contributed by atoms with Gasteiger partial charge in [0, 0.05) is 47.0 Å². The van der Waals surface area contributed by atoms with Crippen LogP contribution in [0.5, 0.6) is 23.0 Å². The van der Waals surface area contributed by atoms with Gasteiger partial charge in [0.2, 0.25) is 0 Å². The van der Waals surface area contributed by atoms with Gasteiger partial charge in [0.25, 0.3) is 0 Å². The van der Waals surface area contributed by atoms with E-state index >= 15 is 0 Å². The van der Waals surface area contributed by atoms with Crippen molar-refractivity contribution < 1.29 is 87.0 Å². The Morgan fingerprint density at radius 1 is 0.446 bits per heavy atom. The van der Waals surface area contributed by atoms with Crippen LogP contribution in [0.3, 0.4) is 0 Å². The maximum absolute atomic E-state index is 14.3. The van der Waals surface area contributed by atoms with Gasteiger partial charge in [-0.05, 0) is 90.5 Å². The smallest absolute Gasteiger partial charge is 0.387 e. The van der Waals surface area contributed by atoms with Crippen molar-refractivity contribution in [2.24, 2.45) is 0 Å². The second-order valence-electron chi connectivity index (χ2n) is 13.0. The molecule has 21 heteroatoms. The second kappa shape index (κ2) is 22.1. The highest BCUT2D eigenvalue weighted by atomic mass is 19.3. The zero-order valence-electron chi connectivity index (χ0n) is 32.7. The molecular formula is C44H31F11N2O8. The fourth-order valence-electron chi connectivity index (χ4n) is 6.03. The van der Waals surface area contributed by atoms with Crippen LogP contribution in [0.1, 0.15) is 31.8 Å². The van der Waals surface area contributed by atoms with Crippen molar-refractivity contribution in [2.75, 3.05) is 9.80 Å². The Kier molecular flexibility index (Phi) is 16.4. The van der Waals surface area contributed by atoms with Crippen molar-refractivity contribution in [1.82, 2.24) is 0 Å². The summed E-state index contributed by atoms with van der Waals surface area (Å²) < 4.78 is 161. The minimum atomic E-state index is -3.38. The summed E-state index contributed by atoms with van der Waals surface area (Å²) in [6.07, 6.45) is 0. The Morgan fingerprint density at radius 2 is 0.831 bits per heavy atom. The van der Waals surface area contributed by atoms with Gasteiger partial charge in [-0.25, -0.2) is 22.8 Å². The third-order valence-electron chi connectivity index (χ3n) is 8.76. The fraction of sp³-hybridized carbons (Fsp3) is 0.136. The van der Waals surface area contributed by atoms with Gasteiger partial charge in [-0.2, -0.15) is 35.1 Å². The molecule has 0 unspecified atom stereocenters. The lowest BCUT2D eigenvalue weighted by molar-refractivity contribution is -0.0692. The molecular weight excluding hydrogens is 893 g/mol. The molecule has 0 heterocycles. The van der Waals surface area contributed by atoms with Gasteiger partial charge in [0.15, 0.2) is 23.0 Å². The molecule has 0 bridgehead atoms. The number of nitrogens with zero attached hydrogens (tertiary/aromatic N) is 2. The van der Waals surface area contributed by atoms with Crippen LogP contribution in [0.15, 0.2) is 127 Å². The maximum atomic E-state index is 14.3. The Labute approximate surface area is 360 Å². The number of halogens is 11. The first-order valence-corrected chi connectivity index (χ1v) is 18.3. The Bertz CT molecular complexity index is 2570. The summed E-state index contributed by atoms with van der Waals surface area (Å²) in [6.45, 7) is -13.8. The predicted octanol–water partition coefficient (Wildman–Crippen LogP) is 12.3. The maximum Gasteiger partial charge on any atom is 0.387 e. The number of carboxylic acids is 2. The van der Waals surface area contributed by atoms with Gasteiger partial charge < -0.3 is 39.0 Å². The van der Waals surface area contributed by atoms with Crippen LogP contribution in [0.25, 0.3) is 0 Å². The summed E-state index contributed by atoms with van der Waals surface area (Å²) in [5, 5.41) is 18.6. The molecule has 6 rings (SSSR count). The lowest BCUT2D eigenvalue weighted by Gasteiger charge is -2.27. The van der Waals surface area contributed by atoms with Crippen LogP contribution in [0.4, 0.5) is 71.0 Å². The number of alkyl halides is 8. The number of carboxylic acid groups (broad SMARTS) is 2. The van der Waals surface area contributed by atoms with E-state index in [9.17, 15) is 68.1 Å². The highest BCUT2D eigenvalue weighted by molar-refractivity contribution is 5.90. The molecule has 2 N–H and O–H groups in total. The molecule has 0 atom stereocenters. The van der Waals surface area contributed by atoms with Gasteiger partial charge in [-0.1, -0.05) is 30.3 Å². The largest absolute Gasteiger partial charge is 0.478 e.